The van der Waals surface area contributed by atoms with E-state index < -0.39 is 57.6 Å². The molecule has 1 aliphatic rings. The van der Waals surface area contributed by atoms with Crippen LogP contribution >= 0.6 is 0 Å². The van der Waals surface area contributed by atoms with Crippen LogP contribution in [0.5, 0.6) is 0 Å². The monoisotopic (exact) mass is 834 g/mol. The number of hydrogen-bond acceptors (Lipinski definition) is 3. The molecule has 216 valence electrons. The molecule has 0 aromatic carbocycles. The van der Waals surface area contributed by atoms with E-state index in [1.807, 2.05) is 0 Å². The summed E-state index contributed by atoms with van der Waals surface area (Å²) in [4.78, 5) is 0. The molecule has 0 aliphatic carbocycles. The number of rotatable bonds is 12. The molecule has 0 atom stereocenters. The summed E-state index contributed by atoms with van der Waals surface area (Å²) in [7, 11) is 0. The van der Waals surface area contributed by atoms with Crippen LogP contribution in [0.25, 0.3) is 0 Å². The summed E-state index contributed by atoms with van der Waals surface area (Å²) in [5.74, 6) is 0. The van der Waals surface area contributed by atoms with Gasteiger partial charge in [0, 0.05) is 0 Å². The van der Waals surface area contributed by atoms with E-state index in [9.17, 15) is 0 Å². The first-order chi connectivity index (χ1) is 16.0. The molecule has 6 heteroatoms. The third-order valence-corrected chi connectivity index (χ3v) is 86.0. The zero-order valence-corrected chi connectivity index (χ0v) is 36.5. The van der Waals surface area contributed by atoms with Crippen LogP contribution in [-0.2, 0) is 4.23 Å². The molecule has 0 spiro atoms. The quantitative estimate of drug-likeness (QED) is 0.183. The maximum atomic E-state index is 8.25. The van der Waals surface area contributed by atoms with E-state index in [4.69, 9.17) is 4.23 Å². The summed E-state index contributed by atoms with van der Waals surface area (Å²) in [5, 5.41) is 0. The fourth-order valence-corrected chi connectivity index (χ4v) is 149. The second kappa shape index (κ2) is 11.5. The van der Waals surface area contributed by atoms with Gasteiger partial charge in [0.15, 0.2) is 0 Å². The molecule has 0 amide bonds. The third kappa shape index (κ3) is 5.30. The second-order valence-corrected chi connectivity index (χ2v) is 62.8. The average Bonchev–Trinajstić information content (AvgIpc) is 2.82. The Morgan fingerprint density at radius 1 is 0.306 bits per heavy atom. The van der Waals surface area contributed by atoms with Gasteiger partial charge in [-0.25, -0.2) is 0 Å². The van der Waals surface area contributed by atoms with E-state index in [1.165, 1.54) is 0 Å². The van der Waals surface area contributed by atoms with E-state index in [2.05, 4.69) is 125 Å². The summed E-state index contributed by atoms with van der Waals surface area (Å²) in [5.41, 5.74) is 0. The summed E-state index contributed by atoms with van der Waals surface area (Å²) in [6, 6.07) is 0. The predicted octanol–water partition coefficient (Wildman–Crippen LogP) is 11.5. The Morgan fingerprint density at radius 3 is 0.500 bits per heavy atom. The van der Waals surface area contributed by atoms with Gasteiger partial charge in [-0.1, -0.05) is 0 Å². The van der Waals surface area contributed by atoms with Crippen molar-refractivity contribution in [1.29, 1.82) is 0 Å². The molecule has 1 fully saturated rings. The molecule has 3 nitrogen and oxygen atoms in total. The molecule has 0 radical (unpaired) electrons. The molecule has 1 rings (SSSR count). The molecule has 0 bridgehead atoms. The predicted molar refractivity (Wildman–Crippen MR) is 167 cm³/mol. The third-order valence-electron chi connectivity index (χ3n) is 11.5. The Morgan fingerprint density at radius 2 is 0.417 bits per heavy atom. The van der Waals surface area contributed by atoms with Crippen LogP contribution in [0.3, 0.4) is 0 Å². The van der Waals surface area contributed by atoms with Crippen molar-refractivity contribution in [3.63, 3.8) is 0 Å². The van der Waals surface area contributed by atoms with Crippen molar-refractivity contribution >= 4 is 57.6 Å². The van der Waals surface area contributed by atoms with Crippen molar-refractivity contribution in [3.05, 3.63) is 0 Å². The van der Waals surface area contributed by atoms with Gasteiger partial charge in [-0.2, -0.15) is 0 Å². The van der Waals surface area contributed by atoms with Gasteiger partial charge in [0.05, 0.1) is 0 Å². The molecule has 1 heterocycles. The summed E-state index contributed by atoms with van der Waals surface area (Å²) in [6.07, 6.45) is 6.63. The molecular formula is C30H66O3Sn3. The average molecular weight is 831 g/mol. The van der Waals surface area contributed by atoms with Gasteiger partial charge in [-0.3, -0.25) is 0 Å². The first-order valence-corrected chi connectivity index (χ1v) is 30.6. The molecule has 0 aromatic rings. The van der Waals surface area contributed by atoms with Crippen LogP contribution in [0, 0.1) is 0 Å². The first-order valence-electron chi connectivity index (χ1n) is 15.1. The standard InChI is InChI=1S/6C5H11.3O.3Sn/c6*1-4-5(2)3;;;;;;/h6*4H2,1-3H3;;;;;;. The minimum absolute atomic E-state index is 0.0591. The van der Waals surface area contributed by atoms with Crippen LogP contribution in [0.15, 0.2) is 0 Å². The van der Waals surface area contributed by atoms with Crippen molar-refractivity contribution in [1.82, 2.24) is 0 Å². The van der Waals surface area contributed by atoms with Crippen molar-refractivity contribution in [2.45, 2.75) is 184 Å². The van der Waals surface area contributed by atoms with Gasteiger partial charge in [-0.15, -0.1) is 0 Å². The molecule has 1 saturated heterocycles. The zero-order valence-electron chi connectivity index (χ0n) is 28.0. The Bertz CT molecular complexity index is 593. The zero-order chi connectivity index (χ0) is 28.9. The Hall–Kier alpha value is 2.28. The van der Waals surface area contributed by atoms with Gasteiger partial charge >= 0.3 is 246 Å². The van der Waals surface area contributed by atoms with E-state index in [0.29, 0.717) is 0 Å². The summed E-state index contributed by atoms with van der Waals surface area (Å²) in [6.45, 7) is 44.4. The van der Waals surface area contributed by atoms with Gasteiger partial charge in [0.2, 0.25) is 0 Å². The fourth-order valence-electron chi connectivity index (χ4n) is 6.47. The summed E-state index contributed by atoms with van der Waals surface area (Å²) >= 11 is -11.9. The van der Waals surface area contributed by atoms with Crippen LogP contribution < -0.4 is 0 Å². The SMILES string of the molecule is CC[C](C)(C)[Sn]1([C](C)(C)CC)[O][Sn]([C](C)(C)CC)([C](C)(C)CC)[O][Sn]([C](C)(C)CC)([C](C)(C)CC)[O]1. The van der Waals surface area contributed by atoms with Crippen LogP contribution in [0.4, 0.5) is 0 Å². The van der Waals surface area contributed by atoms with E-state index >= 15 is 0 Å². The number of hydrogen-bond donors (Lipinski definition) is 0. The van der Waals surface area contributed by atoms with Crippen molar-refractivity contribution in [2.75, 3.05) is 0 Å². The molecule has 0 saturated carbocycles. The van der Waals surface area contributed by atoms with Gasteiger partial charge in [0.25, 0.3) is 0 Å². The van der Waals surface area contributed by atoms with Crippen molar-refractivity contribution < 1.29 is 4.23 Å². The molecule has 1 aliphatic heterocycles. The molecule has 0 aromatic heterocycles. The topological polar surface area (TPSA) is 27.7 Å². The van der Waals surface area contributed by atoms with Gasteiger partial charge in [-0.05, 0) is 0 Å². The Balaban J connectivity index is 4.58. The molecule has 0 N–H and O–H groups in total. The normalized spacial score (nSPS) is 21.5. The fraction of sp³-hybridized carbons (Fsp3) is 1.00. The molecular weight excluding hydrogens is 764 g/mol. The second-order valence-electron chi connectivity index (χ2n) is 15.6. The van der Waals surface area contributed by atoms with E-state index in [-0.39, 0.29) is 20.6 Å². The van der Waals surface area contributed by atoms with Gasteiger partial charge < -0.3 is 0 Å². The van der Waals surface area contributed by atoms with E-state index in [1.54, 1.807) is 0 Å². The van der Waals surface area contributed by atoms with Crippen LogP contribution in [-0.4, -0.2) is 57.6 Å². The Labute approximate surface area is 243 Å². The van der Waals surface area contributed by atoms with Crippen LogP contribution in [0.2, 0.25) is 20.6 Å². The van der Waals surface area contributed by atoms with Crippen molar-refractivity contribution in [2.24, 2.45) is 0 Å². The minimum atomic E-state index is -3.97. The van der Waals surface area contributed by atoms with Crippen molar-refractivity contribution in [3.8, 4) is 0 Å². The van der Waals surface area contributed by atoms with Crippen LogP contribution in [0.1, 0.15) is 163 Å². The van der Waals surface area contributed by atoms with Gasteiger partial charge in [0.1, 0.15) is 0 Å². The summed E-state index contributed by atoms with van der Waals surface area (Å²) < 4.78 is 25.1. The molecule has 0 unspecified atom stereocenters. The molecule has 36 heavy (non-hydrogen) atoms. The maximum absolute atomic E-state index is 8.25. The first kappa shape index (κ1) is 36.3. The Kier molecular flexibility index (Phi) is 11.6. The van der Waals surface area contributed by atoms with E-state index in [0.717, 1.165) is 38.5 Å².